The van der Waals surface area contributed by atoms with Crippen LogP contribution in [-0.4, -0.2) is 24.1 Å². The number of sulfone groups is 1. The summed E-state index contributed by atoms with van der Waals surface area (Å²) in [6.45, 7) is 1.34. The van der Waals surface area contributed by atoms with E-state index in [9.17, 15) is 13.2 Å². The number of carbonyl (C=O) groups is 1. The van der Waals surface area contributed by atoms with E-state index in [2.05, 4.69) is 0 Å². The Kier molecular flexibility index (Phi) is 4.36. The maximum atomic E-state index is 10.9. The molecule has 0 amide bonds. The molecular weight excluding hydrogens is 211 g/mol. The van der Waals surface area contributed by atoms with Gasteiger partial charge in [-0.25, -0.2) is 8.42 Å². The van der Waals surface area contributed by atoms with Crippen LogP contribution < -0.4 is 0 Å². The molecule has 0 aromatic rings. The van der Waals surface area contributed by atoms with Gasteiger partial charge in [-0.2, -0.15) is 0 Å². The number of hydrogen-bond donors (Lipinski definition) is 0. The van der Waals surface area contributed by atoms with Crippen LogP contribution in [0.5, 0.6) is 0 Å². The zero-order valence-electron chi connectivity index (χ0n) is 5.88. The predicted molar refractivity (Wildman–Crippen MR) is 44.6 cm³/mol. The molecule has 0 aliphatic heterocycles. The van der Waals surface area contributed by atoms with Crippen LogP contribution in [0.4, 0.5) is 0 Å². The molecule has 0 saturated carbocycles. The molecule has 0 aromatic heterocycles. The molecule has 0 heterocycles. The van der Waals surface area contributed by atoms with Gasteiger partial charge in [-0.1, -0.05) is 0 Å². The Morgan fingerprint density at radius 1 is 1.55 bits per heavy atom. The zero-order valence-corrected chi connectivity index (χ0v) is 8.21. The lowest BCUT2D eigenvalue weighted by Crippen LogP contribution is -2.16. The van der Waals surface area contributed by atoms with Crippen LogP contribution in [0.2, 0.25) is 0 Å². The van der Waals surface area contributed by atoms with Crippen molar-refractivity contribution in [3.8, 4) is 0 Å². The van der Waals surface area contributed by atoms with Crippen molar-refractivity contribution < 1.29 is 13.2 Å². The van der Waals surface area contributed by atoms with Crippen molar-refractivity contribution in [1.29, 1.82) is 0 Å². The second kappa shape index (κ2) is 4.28. The van der Waals surface area contributed by atoms with Gasteiger partial charge < -0.3 is 0 Å². The highest BCUT2D eigenvalue weighted by molar-refractivity contribution is 7.93. The normalized spacial score (nSPS) is 14.5. The smallest absolute Gasteiger partial charge is 0.222 e. The first kappa shape index (κ1) is 11.2. The average molecular weight is 219 g/mol. The molecule has 3 nitrogen and oxygen atoms in total. The van der Waals surface area contributed by atoms with Crippen molar-refractivity contribution >= 4 is 38.3 Å². The fraction of sp³-hybridized carbons (Fsp3) is 0.800. The molecule has 0 N–H and O–H groups in total. The third-order valence-electron chi connectivity index (χ3n) is 1.08. The second-order valence-electron chi connectivity index (χ2n) is 2.02. The van der Waals surface area contributed by atoms with Gasteiger partial charge >= 0.3 is 0 Å². The highest BCUT2D eigenvalue weighted by Crippen LogP contribution is 2.08. The minimum atomic E-state index is -3.33. The van der Waals surface area contributed by atoms with Gasteiger partial charge in [0.25, 0.3) is 0 Å². The summed E-state index contributed by atoms with van der Waals surface area (Å²) in [5, 5.41) is -0.661. The predicted octanol–water partition coefficient (Wildman–Crippen LogP) is 1.14. The molecule has 0 aliphatic carbocycles. The van der Waals surface area contributed by atoms with Crippen LogP contribution in [-0.2, 0) is 14.6 Å². The molecule has 6 heteroatoms. The summed E-state index contributed by atoms with van der Waals surface area (Å²) in [4.78, 5) is 10.2. The van der Waals surface area contributed by atoms with Crippen LogP contribution in [0, 0.1) is 0 Å². The fourth-order valence-corrected chi connectivity index (χ4v) is 1.65. The van der Waals surface area contributed by atoms with Crippen molar-refractivity contribution in [3.63, 3.8) is 0 Å². The molecule has 0 rings (SSSR count). The first-order valence-electron chi connectivity index (χ1n) is 2.90. The highest BCUT2D eigenvalue weighted by Gasteiger charge is 2.18. The van der Waals surface area contributed by atoms with E-state index in [0.717, 1.165) is 0 Å². The molecule has 66 valence electrons. The molecule has 1 unspecified atom stereocenters. The number of alkyl halides is 1. The lowest BCUT2D eigenvalue weighted by atomic mass is 10.6. The van der Waals surface area contributed by atoms with E-state index in [0.29, 0.717) is 0 Å². The van der Waals surface area contributed by atoms with Crippen LogP contribution in [0.15, 0.2) is 0 Å². The van der Waals surface area contributed by atoms with Crippen LogP contribution in [0.1, 0.15) is 13.3 Å². The number of hydrogen-bond acceptors (Lipinski definition) is 3. The van der Waals surface area contributed by atoms with Gasteiger partial charge in [0.15, 0.2) is 9.84 Å². The Morgan fingerprint density at radius 2 is 2.00 bits per heavy atom. The van der Waals surface area contributed by atoms with Crippen LogP contribution in [0.3, 0.4) is 0 Å². The van der Waals surface area contributed by atoms with E-state index < -0.39 is 19.8 Å². The van der Waals surface area contributed by atoms with Gasteiger partial charge in [-0.3, -0.25) is 4.79 Å². The summed E-state index contributed by atoms with van der Waals surface area (Å²) in [5.41, 5.74) is 0. The molecular formula is C5H8Cl2O3S. The lowest BCUT2D eigenvalue weighted by Gasteiger charge is -2.02. The Balaban J connectivity index is 4.05. The quantitative estimate of drug-likeness (QED) is 0.526. The van der Waals surface area contributed by atoms with Gasteiger partial charge in [0.05, 0.1) is 5.75 Å². The van der Waals surface area contributed by atoms with Crippen molar-refractivity contribution in [2.24, 2.45) is 0 Å². The molecule has 11 heavy (non-hydrogen) atoms. The summed E-state index contributed by atoms with van der Waals surface area (Å²) in [7, 11) is -3.33. The standard InChI is InChI=1S/C5H8Cl2O3S/c1-4(6)11(9,10)3-2-5(7)8/h4H,2-3H2,1H3. The maximum absolute atomic E-state index is 10.9. The summed E-state index contributed by atoms with van der Waals surface area (Å²) < 4.78 is 20.8. The van der Waals surface area contributed by atoms with Crippen molar-refractivity contribution in [1.82, 2.24) is 0 Å². The minimum Gasteiger partial charge on any atom is -0.281 e. The minimum absolute atomic E-state index is 0.180. The SMILES string of the molecule is CC(Cl)S(=O)(=O)CCC(=O)Cl. The lowest BCUT2D eigenvalue weighted by molar-refractivity contribution is -0.111. The van der Waals surface area contributed by atoms with Gasteiger partial charge in [0, 0.05) is 6.42 Å². The van der Waals surface area contributed by atoms with Gasteiger partial charge in [-0.05, 0) is 18.5 Å². The Hall–Kier alpha value is 0.200. The van der Waals surface area contributed by atoms with Gasteiger partial charge in [0.1, 0.15) is 4.71 Å². The molecule has 0 fully saturated rings. The fourth-order valence-electron chi connectivity index (χ4n) is 0.385. The van der Waals surface area contributed by atoms with E-state index in [1.165, 1.54) is 6.92 Å². The molecule has 0 aliphatic rings. The molecule has 0 spiro atoms. The molecule has 0 saturated heterocycles. The van der Waals surface area contributed by atoms with Gasteiger partial charge in [-0.15, -0.1) is 11.6 Å². The molecule has 0 aromatic carbocycles. The van der Waals surface area contributed by atoms with Crippen molar-refractivity contribution in [2.45, 2.75) is 18.1 Å². The number of halogens is 2. The second-order valence-corrected chi connectivity index (χ2v) is 5.79. The zero-order chi connectivity index (χ0) is 9.07. The number of rotatable bonds is 4. The monoisotopic (exact) mass is 218 g/mol. The third-order valence-corrected chi connectivity index (χ3v) is 3.84. The van der Waals surface area contributed by atoms with Gasteiger partial charge in [0.2, 0.25) is 5.24 Å². The van der Waals surface area contributed by atoms with E-state index >= 15 is 0 Å². The molecule has 0 radical (unpaired) electrons. The van der Waals surface area contributed by atoms with Crippen LogP contribution >= 0.6 is 23.2 Å². The highest BCUT2D eigenvalue weighted by atomic mass is 35.5. The van der Waals surface area contributed by atoms with Crippen LogP contribution in [0.25, 0.3) is 0 Å². The van der Waals surface area contributed by atoms with Crippen molar-refractivity contribution in [2.75, 3.05) is 5.75 Å². The summed E-state index contributed by atoms with van der Waals surface area (Å²) >= 11 is 10.3. The molecule has 0 bridgehead atoms. The first-order valence-corrected chi connectivity index (χ1v) is 5.43. The molecule has 1 atom stereocenters. The van der Waals surface area contributed by atoms with Crippen molar-refractivity contribution in [3.05, 3.63) is 0 Å². The summed E-state index contributed by atoms with van der Waals surface area (Å²) in [6.07, 6.45) is -0.180. The summed E-state index contributed by atoms with van der Waals surface area (Å²) in [5.74, 6) is -0.278. The third kappa shape index (κ3) is 4.61. The Morgan fingerprint density at radius 3 is 2.27 bits per heavy atom. The Labute approximate surface area is 75.6 Å². The first-order chi connectivity index (χ1) is 4.86. The largest absolute Gasteiger partial charge is 0.281 e. The Bertz CT molecular complexity index is 232. The number of carbonyl (C=O) groups excluding carboxylic acids is 1. The average Bonchev–Trinajstić information content (AvgIpc) is 1.84. The summed E-state index contributed by atoms with van der Waals surface area (Å²) in [6, 6.07) is 0. The van der Waals surface area contributed by atoms with E-state index in [-0.39, 0.29) is 12.2 Å². The van der Waals surface area contributed by atoms with E-state index in [1.807, 2.05) is 0 Å². The van der Waals surface area contributed by atoms with E-state index in [1.54, 1.807) is 0 Å². The van der Waals surface area contributed by atoms with E-state index in [4.69, 9.17) is 23.2 Å². The topological polar surface area (TPSA) is 51.2 Å². The maximum Gasteiger partial charge on any atom is 0.222 e.